The van der Waals surface area contributed by atoms with Crippen LogP contribution in [0.15, 0.2) is 42.5 Å². The molecular formula is C17H21NO6. The normalized spacial score (nSPS) is 12.7. The first kappa shape index (κ1) is 19.6. The Kier molecular flexibility index (Phi) is 7.84. The van der Waals surface area contributed by atoms with Gasteiger partial charge < -0.3 is 25.8 Å². The Morgan fingerprint density at radius 1 is 1.17 bits per heavy atom. The summed E-state index contributed by atoms with van der Waals surface area (Å²) in [4.78, 5) is 21.0. The van der Waals surface area contributed by atoms with Gasteiger partial charge in [0.25, 0.3) is 0 Å². The molecule has 0 fully saturated rings. The maximum absolute atomic E-state index is 11.2. The van der Waals surface area contributed by atoms with Gasteiger partial charge in [-0.2, -0.15) is 0 Å². The molecule has 7 nitrogen and oxygen atoms in total. The average molecular weight is 335 g/mol. The van der Waals surface area contributed by atoms with Crippen LogP contribution in [0.4, 0.5) is 0 Å². The Hall–Kier alpha value is -2.48. The third-order valence-electron chi connectivity index (χ3n) is 3.04. The highest BCUT2D eigenvalue weighted by Gasteiger charge is 2.11. The molecule has 0 bridgehead atoms. The Morgan fingerprint density at radius 3 is 2.29 bits per heavy atom. The lowest BCUT2D eigenvalue weighted by Crippen LogP contribution is -2.30. The maximum Gasteiger partial charge on any atom is 0.340 e. The molecule has 0 aromatic heterocycles. The van der Waals surface area contributed by atoms with E-state index in [4.69, 9.17) is 25.8 Å². The van der Waals surface area contributed by atoms with Crippen molar-refractivity contribution < 1.29 is 29.6 Å². The van der Waals surface area contributed by atoms with Gasteiger partial charge in [-0.15, -0.1) is 0 Å². The number of carboxylic acids is 1. The fourth-order valence-corrected chi connectivity index (χ4v) is 1.69. The van der Waals surface area contributed by atoms with Crippen LogP contribution >= 0.6 is 0 Å². The summed E-state index contributed by atoms with van der Waals surface area (Å²) in [6.45, 7) is 1.21. The number of esters is 1. The SMILES string of the molecule is CC(O)C(=O)Oc1ccc2ccccc2c1.NC(CCO)C(=O)O. The number of hydrogen-bond acceptors (Lipinski definition) is 6. The predicted molar refractivity (Wildman–Crippen MR) is 88.6 cm³/mol. The van der Waals surface area contributed by atoms with Crippen molar-refractivity contribution >= 4 is 22.7 Å². The van der Waals surface area contributed by atoms with Gasteiger partial charge in [0.05, 0.1) is 0 Å². The average Bonchev–Trinajstić information content (AvgIpc) is 2.55. The Labute approximate surface area is 139 Å². The van der Waals surface area contributed by atoms with E-state index in [1.54, 1.807) is 12.1 Å². The third-order valence-corrected chi connectivity index (χ3v) is 3.04. The van der Waals surface area contributed by atoms with E-state index < -0.39 is 24.1 Å². The minimum absolute atomic E-state index is 0.120. The first-order valence-corrected chi connectivity index (χ1v) is 7.33. The molecule has 0 saturated heterocycles. The topological polar surface area (TPSA) is 130 Å². The molecule has 0 amide bonds. The summed E-state index contributed by atoms with van der Waals surface area (Å²) in [5, 5.41) is 27.3. The lowest BCUT2D eigenvalue weighted by atomic mass is 10.1. The summed E-state index contributed by atoms with van der Waals surface area (Å²) in [6, 6.07) is 12.2. The summed E-state index contributed by atoms with van der Waals surface area (Å²) in [6.07, 6.45) is -0.985. The molecule has 2 aromatic carbocycles. The molecule has 130 valence electrons. The van der Waals surface area contributed by atoms with Crippen molar-refractivity contribution in [3.8, 4) is 5.75 Å². The largest absolute Gasteiger partial charge is 0.480 e. The summed E-state index contributed by atoms with van der Waals surface area (Å²) < 4.78 is 4.99. The summed E-state index contributed by atoms with van der Waals surface area (Å²) >= 11 is 0. The number of aliphatic hydroxyl groups is 2. The van der Waals surface area contributed by atoms with Gasteiger partial charge in [-0.25, -0.2) is 4.79 Å². The van der Waals surface area contributed by atoms with Crippen molar-refractivity contribution in [2.24, 2.45) is 5.73 Å². The predicted octanol–water partition coefficient (Wildman–Crippen LogP) is 0.907. The molecule has 0 spiro atoms. The minimum Gasteiger partial charge on any atom is -0.480 e. The zero-order valence-electron chi connectivity index (χ0n) is 13.3. The molecule has 2 aromatic rings. The summed E-state index contributed by atoms with van der Waals surface area (Å²) in [5.74, 6) is -1.26. The van der Waals surface area contributed by atoms with E-state index in [9.17, 15) is 9.59 Å². The number of nitrogens with two attached hydrogens (primary N) is 1. The van der Waals surface area contributed by atoms with Crippen LogP contribution in [0.1, 0.15) is 13.3 Å². The van der Waals surface area contributed by atoms with Gasteiger partial charge in [0.15, 0.2) is 0 Å². The molecule has 7 heteroatoms. The fourth-order valence-electron chi connectivity index (χ4n) is 1.69. The van der Waals surface area contributed by atoms with Crippen LogP contribution in [0, 0.1) is 0 Å². The lowest BCUT2D eigenvalue weighted by Gasteiger charge is -2.06. The van der Waals surface area contributed by atoms with Gasteiger partial charge in [-0.3, -0.25) is 4.79 Å². The van der Waals surface area contributed by atoms with Gasteiger partial charge in [0.2, 0.25) is 0 Å². The van der Waals surface area contributed by atoms with Crippen molar-refractivity contribution in [3.63, 3.8) is 0 Å². The molecule has 0 radical (unpaired) electrons. The van der Waals surface area contributed by atoms with Crippen LogP contribution in [0.2, 0.25) is 0 Å². The Morgan fingerprint density at radius 2 is 1.79 bits per heavy atom. The quantitative estimate of drug-likeness (QED) is 0.472. The highest BCUT2D eigenvalue weighted by molar-refractivity contribution is 5.85. The van der Waals surface area contributed by atoms with E-state index >= 15 is 0 Å². The van der Waals surface area contributed by atoms with Gasteiger partial charge in [-0.05, 0) is 36.2 Å². The number of aliphatic carboxylic acids is 1. The fraction of sp³-hybridized carbons (Fsp3) is 0.294. The zero-order valence-corrected chi connectivity index (χ0v) is 13.3. The molecule has 0 aliphatic rings. The first-order valence-electron chi connectivity index (χ1n) is 7.33. The number of fused-ring (bicyclic) bond motifs is 1. The molecule has 5 N–H and O–H groups in total. The van der Waals surface area contributed by atoms with Crippen LogP contribution in [0.3, 0.4) is 0 Å². The van der Waals surface area contributed by atoms with Crippen LogP contribution in [-0.2, 0) is 9.59 Å². The van der Waals surface area contributed by atoms with Crippen LogP contribution in [0.5, 0.6) is 5.75 Å². The molecule has 0 saturated carbocycles. The minimum atomic E-state index is -1.11. The second-order valence-electron chi connectivity index (χ2n) is 5.06. The van der Waals surface area contributed by atoms with Crippen molar-refractivity contribution in [2.45, 2.75) is 25.5 Å². The highest BCUT2D eigenvalue weighted by atomic mass is 16.5. The molecule has 2 atom stereocenters. The van der Waals surface area contributed by atoms with Crippen molar-refractivity contribution in [1.29, 1.82) is 0 Å². The van der Waals surface area contributed by atoms with Gasteiger partial charge >= 0.3 is 11.9 Å². The third kappa shape index (κ3) is 6.33. The van der Waals surface area contributed by atoms with Crippen LogP contribution < -0.4 is 10.5 Å². The number of ether oxygens (including phenoxy) is 1. The molecular weight excluding hydrogens is 314 g/mol. The molecule has 2 rings (SSSR count). The molecule has 24 heavy (non-hydrogen) atoms. The van der Waals surface area contributed by atoms with E-state index in [2.05, 4.69) is 0 Å². The lowest BCUT2D eigenvalue weighted by molar-refractivity contribution is -0.142. The van der Waals surface area contributed by atoms with E-state index in [0.29, 0.717) is 5.75 Å². The van der Waals surface area contributed by atoms with E-state index in [1.807, 2.05) is 30.3 Å². The Balaban J connectivity index is 0.000000307. The number of aliphatic hydroxyl groups excluding tert-OH is 2. The smallest absolute Gasteiger partial charge is 0.340 e. The number of carboxylic acid groups (broad SMARTS) is 1. The number of carbonyl (C=O) groups excluding carboxylic acids is 1. The first-order chi connectivity index (χ1) is 11.3. The van der Waals surface area contributed by atoms with Gasteiger partial charge in [-0.1, -0.05) is 30.3 Å². The number of hydrogen-bond donors (Lipinski definition) is 4. The van der Waals surface area contributed by atoms with E-state index in [-0.39, 0.29) is 13.0 Å². The van der Waals surface area contributed by atoms with Gasteiger partial charge in [0.1, 0.15) is 17.9 Å². The van der Waals surface area contributed by atoms with Crippen molar-refractivity contribution in [2.75, 3.05) is 6.61 Å². The van der Waals surface area contributed by atoms with Crippen molar-refractivity contribution in [3.05, 3.63) is 42.5 Å². The van der Waals surface area contributed by atoms with Crippen molar-refractivity contribution in [1.82, 2.24) is 0 Å². The second kappa shape index (κ2) is 9.61. The molecule has 0 heterocycles. The summed E-state index contributed by atoms with van der Waals surface area (Å²) in [7, 11) is 0. The monoisotopic (exact) mass is 335 g/mol. The zero-order chi connectivity index (χ0) is 18.1. The second-order valence-corrected chi connectivity index (χ2v) is 5.06. The van der Waals surface area contributed by atoms with Gasteiger partial charge in [0, 0.05) is 6.61 Å². The highest BCUT2D eigenvalue weighted by Crippen LogP contribution is 2.20. The summed E-state index contributed by atoms with van der Waals surface area (Å²) in [5.41, 5.74) is 4.97. The number of benzene rings is 2. The van der Waals surface area contributed by atoms with E-state index in [0.717, 1.165) is 10.8 Å². The molecule has 0 aliphatic heterocycles. The number of rotatable bonds is 5. The standard InChI is InChI=1S/C13H12O3.C4H9NO3/c1-9(14)13(15)16-12-7-6-10-4-2-3-5-11(10)8-12;5-3(1-2-6)4(7)8/h2-9,14H,1H3;3,6H,1-2,5H2,(H,7,8). The molecule has 2 unspecified atom stereocenters. The number of carbonyl (C=O) groups is 2. The molecule has 0 aliphatic carbocycles. The Bertz CT molecular complexity index is 686. The van der Waals surface area contributed by atoms with Crippen LogP contribution in [0.25, 0.3) is 10.8 Å². The van der Waals surface area contributed by atoms with E-state index in [1.165, 1.54) is 6.92 Å². The van der Waals surface area contributed by atoms with Crippen LogP contribution in [-0.4, -0.2) is 46.0 Å². The maximum atomic E-state index is 11.2.